The van der Waals surface area contributed by atoms with Crippen LogP contribution in [0.2, 0.25) is 5.02 Å². The van der Waals surface area contributed by atoms with Crippen LogP contribution < -0.4 is 16.0 Å². The van der Waals surface area contributed by atoms with Crippen LogP contribution in [0.5, 0.6) is 0 Å². The number of benzene rings is 5. The molecule has 0 saturated carbocycles. The lowest BCUT2D eigenvalue weighted by Gasteiger charge is -2.18. The van der Waals surface area contributed by atoms with Crippen molar-refractivity contribution in [1.29, 1.82) is 0 Å². The van der Waals surface area contributed by atoms with Gasteiger partial charge in [-0.15, -0.1) is 11.8 Å². The normalized spacial score (nSPS) is 11.9. The third-order valence-electron chi connectivity index (χ3n) is 7.26. The Hall–Kier alpha value is -5.11. The lowest BCUT2D eigenvalue weighted by molar-refractivity contribution is -0.116. The highest BCUT2D eigenvalue weighted by Gasteiger charge is 2.23. The molecular formula is C39H34ClN3O3S. The standard InChI is InChI=1S/C39H34ClN3O3S/c1-26(2)28-22-20-27(21-23-28)24-35(43-37(44)30-14-7-4-8-15-30)38(45)41-31-16-11-17-32(25-31)47-36(29-12-5-3-6-13-29)39(46)42-34-19-10-9-18-33(34)40/h3-26,36H,1-2H3,(H,41,45)(H,42,46)(H,43,44)/b35-24+. The number of anilines is 2. The molecule has 0 saturated heterocycles. The minimum atomic E-state index is -0.604. The van der Waals surface area contributed by atoms with Crippen LogP contribution >= 0.6 is 23.4 Å². The zero-order valence-electron chi connectivity index (χ0n) is 25.9. The summed E-state index contributed by atoms with van der Waals surface area (Å²) in [7, 11) is 0. The summed E-state index contributed by atoms with van der Waals surface area (Å²) in [5.41, 5.74) is 4.31. The van der Waals surface area contributed by atoms with E-state index in [0.29, 0.717) is 27.9 Å². The van der Waals surface area contributed by atoms with Crippen molar-refractivity contribution in [3.8, 4) is 0 Å². The minimum absolute atomic E-state index is 0.0930. The van der Waals surface area contributed by atoms with Crippen LogP contribution in [0.4, 0.5) is 11.4 Å². The fraction of sp³-hybridized carbons (Fsp3) is 0.103. The Morgan fingerprint density at radius 3 is 2.04 bits per heavy atom. The third-order valence-corrected chi connectivity index (χ3v) is 8.84. The summed E-state index contributed by atoms with van der Waals surface area (Å²) in [6.07, 6.45) is 1.66. The zero-order valence-corrected chi connectivity index (χ0v) is 27.5. The maximum atomic E-state index is 13.7. The molecule has 6 nitrogen and oxygen atoms in total. The topological polar surface area (TPSA) is 87.3 Å². The molecule has 0 spiro atoms. The van der Waals surface area contributed by atoms with Crippen molar-refractivity contribution in [3.63, 3.8) is 0 Å². The highest BCUT2D eigenvalue weighted by atomic mass is 35.5. The molecule has 0 bridgehead atoms. The molecule has 236 valence electrons. The smallest absolute Gasteiger partial charge is 0.272 e. The molecule has 1 unspecified atom stereocenters. The van der Waals surface area contributed by atoms with E-state index >= 15 is 0 Å². The van der Waals surface area contributed by atoms with Gasteiger partial charge < -0.3 is 16.0 Å². The van der Waals surface area contributed by atoms with Crippen molar-refractivity contribution in [2.24, 2.45) is 0 Å². The molecule has 5 aromatic rings. The second-order valence-electron chi connectivity index (χ2n) is 11.1. The van der Waals surface area contributed by atoms with Gasteiger partial charge in [0, 0.05) is 16.1 Å². The van der Waals surface area contributed by atoms with Crippen LogP contribution in [-0.2, 0) is 9.59 Å². The Morgan fingerprint density at radius 2 is 1.36 bits per heavy atom. The Balaban J connectivity index is 1.38. The van der Waals surface area contributed by atoms with E-state index in [2.05, 4.69) is 29.8 Å². The monoisotopic (exact) mass is 659 g/mol. The van der Waals surface area contributed by atoms with E-state index in [1.807, 2.05) is 78.9 Å². The van der Waals surface area contributed by atoms with Gasteiger partial charge in [0.15, 0.2) is 0 Å². The highest BCUT2D eigenvalue weighted by Crippen LogP contribution is 2.37. The summed E-state index contributed by atoms with van der Waals surface area (Å²) in [4.78, 5) is 41.1. The molecule has 0 heterocycles. The number of carbonyl (C=O) groups excluding carboxylic acids is 3. The largest absolute Gasteiger partial charge is 0.323 e. The molecule has 1 atom stereocenters. The molecule has 5 aromatic carbocycles. The van der Waals surface area contributed by atoms with E-state index in [4.69, 9.17) is 11.6 Å². The van der Waals surface area contributed by atoms with E-state index in [0.717, 1.165) is 16.0 Å². The van der Waals surface area contributed by atoms with Gasteiger partial charge in [-0.1, -0.05) is 116 Å². The molecule has 0 aliphatic heterocycles. The van der Waals surface area contributed by atoms with Gasteiger partial charge in [-0.05, 0) is 71.1 Å². The Kier molecular flexibility index (Phi) is 11.3. The van der Waals surface area contributed by atoms with Crippen LogP contribution in [0.3, 0.4) is 0 Å². The molecule has 5 rings (SSSR count). The summed E-state index contributed by atoms with van der Waals surface area (Å²) in [5.74, 6) is -0.755. The quantitative estimate of drug-likeness (QED) is 0.0974. The molecule has 3 amide bonds. The van der Waals surface area contributed by atoms with Gasteiger partial charge in [-0.3, -0.25) is 14.4 Å². The molecule has 47 heavy (non-hydrogen) atoms. The van der Waals surface area contributed by atoms with Crippen molar-refractivity contribution in [3.05, 3.63) is 166 Å². The number of carbonyl (C=O) groups is 3. The van der Waals surface area contributed by atoms with Crippen molar-refractivity contribution >= 4 is 58.5 Å². The van der Waals surface area contributed by atoms with Crippen molar-refractivity contribution in [2.75, 3.05) is 10.6 Å². The maximum absolute atomic E-state index is 13.7. The number of thioether (sulfide) groups is 1. The van der Waals surface area contributed by atoms with E-state index in [9.17, 15) is 14.4 Å². The minimum Gasteiger partial charge on any atom is -0.323 e. The van der Waals surface area contributed by atoms with Gasteiger partial charge in [0.05, 0.1) is 10.7 Å². The first kappa shape index (κ1) is 33.3. The van der Waals surface area contributed by atoms with Crippen molar-refractivity contribution < 1.29 is 14.4 Å². The summed E-state index contributed by atoms with van der Waals surface area (Å²) >= 11 is 7.67. The predicted octanol–water partition coefficient (Wildman–Crippen LogP) is 9.35. The van der Waals surface area contributed by atoms with Crippen LogP contribution in [-0.4, -0.2) is 17.7 Å². The predicted molar refractivity (Wildman–Crippen MR) is 193 cm³/mol. The van der Waals surface area contributed by atoms with Crippen molar-refractivity contribution in [1.82, 2.24) is 5.32 Å². The van der Waals surface area contributed by atoms with Gasteiger partial charge >= 0.3 is 0 Å². The summed E-state index contributed by atoms with van der Waals surface area (Å²) < 4.78 is 0. The SMILES string of the molecule is CC(C)c1ccc(/C=C(/NC(=O)c2ccccc2)C(=O)Nc2cccc(SC(C(=O)Nc3ccccc3Cl)c3ccccc3)c2)cc1. The second kappa shape index (κ2) is 15.9. The summed E-state index contributed by atoms with van der Waals surface area (Å²) in [6.45, 7) is 4.23. The molecule has 0 radical (unpaired) electrons. The van der Waals surface area contributed by atoms with E-state index in [-0.39, 0.29) is 11.6 Å². The molecule has 8 heteroatoms. The summed E-state index contributed by atoms with van der Waals surface area (Å²) in [6, 6.07) is 40.4. The number of halogens is 1. The van der Waals surface area contributed by atoms with E-state index < -0.39 is 17.1 Å². The van der Waals surface area contributed by atoms with E-state index in [1.165, 1.54) is 17.3 Å². The van der Waals surface area contributed by atoms with Gasteiger partial charge in [0.1, 0.15) is 10.9 Å². The molecule has 0 aliphatic carbocycles. The molecule has 0 aliphatic rings. The number of nitrogens with one attached hydrogen (secondary N) is 3. The second-order valence-corrected chi connectivity index (χ2v) is 12.6. The van der Waals surface area contributed by atoms with Crippen LogP contribution in [0, 0.1) is 0 Å². The van der Waals surface area contributed by atoms with E-state index in [1.54, 1.807) is 60.7 Å². The third kappa shape index (κ3) is 9.22. The molecular weight excluding hydrogens is 626 g/mol. The lowest BCUT2D eigenvalue weighted by Crippen LogP contribution is -2.30. The Bertz CT molecular complexity index is 1880. The first-order valence-electron chi connectivity index (χ1n) is 15.1. The number of rotatable bonds is 11. The lowest BCUT2D eigenvalue weighted by atomic mass is 10.0. The fourth-order valence-corrected chi connectivity index (χ4v) is 6.00. The maximum Gasteiger partial charge on any atom is 0.272 e. The first-order chi connectivity index (χ1) is 22.8. The fourth-order valence-electron chi connectivity index (χ4n) is 4.73. The van der Waals surface area contributed by atoms with Crippen LogP contribution in [0.1, 0.15) is 52.1 Å². The first-order valence-corrected chi connectivity index (χ1v) is 16.4. The molecule has 0 fully saturated rings. The number of para-hydroxylation sites is 1. The molecule has 3 N–H and O–H groups in total. The van der Waals surface area contributed by atoms with Crippen LogP contribution in [0.15, 0.2) is 144 Å². The highest BCUT2D eigenvalue weighted by molar-refractivity contribution is 8.00. The van der Waals surface area contributed by atoms with Crippen LogP contribution in [0.25, 0.3) is 6.08 Å². The zero-order chi connectivity index (χ0) is 33.2. The van der Waals surface area contributed by atoms with Gasteiger partial charge in [0.25, 0.3) is 11.8 Å². The van der Waals surface area contributed by atoms with Gasteiger partial charge in [0.2, 0.25) is 5.91 Å². The van der Waals surface area contributed by atoms with Gasteiger partial charge in [-0.25, -0.2) is 0 Å². The number of hydrogen-bond acceptors (Lipinski definition) is 4. The average molecular weight is 660 g/mol. The Morgan fingerprint density at radius 1 is 0.702 bits per heavy atom. The molecule has 0 aromatic heterocycles. The average Bonchev–Trinajstić information content (AvgIpc) is 3.09. The number of amides is 3. The summed E-state index contributed by atoms with van der Waals surface area (Å²) in [5, 5.41) is 8.50. The Labute approximate surface area is 284 Å². The number of hydrogen-bond donors (Lipinski definition) is 3. The van der Waals surface area contributed by atoms with Gasteiger partial charge in [-0.2, -0.15) is 0 Å². The van der Waals surface area contributed by atoms with Crippen molar-refractivity contribution in [2.45, 2.75) is 29.9 Å².